The van der Waals surface area contributed by atoms with Gasteiger partial charge in [0.2, 0.25) is 0 Å². The first-order valence-electron chi connectivity index (χ1n) is 15.7. The molecule has 1 aliphatic rings. The average Bonchev–Trinajstić information content (AvgIpc) is 3.63. The van der Waals surface area contributed by atoms with Crippen LogP contribution in [0, 0.1) is 34.6 Å². The van der Waals surface area contributed by atoms with Gasteiger partial charge in [0.05, 0.1) is 48.8 Å². The lowest BCUT2D eigenvalue weighted by Gasteiger charge is -2.40. The Kier molecular flexibility index (Phi) is 13.0. The molecule has 18 heteroatoms. The Morgan fingerprint density at radius 2 is 1.83 bits per heavy atom. The van der Waals surface area contributed by atoms with Crippen LogP contribution >= 0.6 is 19.6 Å². The van der Waals surface area contributed by atoms with Gasteiger partial charge >= 0.3 is 13.8 Å². The van der Waals surface area contributed by atoms with E-state index in [0.717, 1.165) is 36.4 Å². The van der Waals surface area contributed by atoms with E-state index in [-0.39, 0.29) is 42.0 Å². The van der Waals surface area contributed by atoms with E-state index >= 15 is 4.39 Å². The van der Waals surface area contributed by atoms with Crippen molar-refractivity contribution in [2.24, 2.45) is 0 Å². The van der Waals surface area contributed by atoms with Crippen LogP contribution in [0.25, 0.3) is 6.08 Å². The number of ether oxygens (including phenoxy) is 3. The van der Waals surface area contributed by atoms with Gasteiger partial charge in [0.15, 0.2) is 11.9 Å². The summed E-state index contributed by atoms with van der Waals surface area (Å²) in [5.41, 5.74) is -2.38. The fraction of sp³-hybridized carbons (Fsp3) is 0.257. The number of hydrogen-bond acceptors (Lipinski definition) is 10. The van der Waals surface area contributed by atoms with Crippen molar-refractivity contribution in [3.05, 3.63) is 137 Å². The van der Waals surface area contributed by atoms with Crippen molar-refractivity contribution in [2.75, 3.05) is 13.2 Å². The van der Waals surface area contributed by atoms with Crippen LogP contribution in [0.5, 0.6) is 0 Å². The number of allylic oxidation sites excluding steroid dienone is 2. The van der Waals surface area contributed by atoms with E-state index in [1.165, 1.54) is 47.3 Å². The third kappa shape index (κ3) is 10.5. The van der Waals surface area contributed by atoms with Gasteiger partial charge in [-0.1, -0.05) is 30.4 Å². The molecule has 4 aromatic rings. The zero-order valence-electron chi connectivity index (χ0n) is 27.7. The highest BCUT2D eigenvalue weighted by Crippen LogP contribution is 2.43. The minimum absolute atomic E-state index is 0.116. The molecule has 0 aliphatic carbocycles. The maximum absolute atomic E-state index is 15.8. The van der Waals surface area contributed by atoms with Gasteiger partial charge in [-0.2, -0.15) is 10.4 Å². The molecule has 0 bridgehead atoms. The quantitative estimate of drug-likeness (QED) is 0.0646. The highest BCUT2D eigenvalue weighted by atomic mass is 32.2. The molecule has 1 aliphatic heterocycles. The molecule has 0 unspecified atom stereocenters. The molecule has 2 heterocycles. The van der Waals surface area contributed by atoms with E-state index in [9.17, 15) is 32.3 Å². The number of hydrogen-bond donors (Lipinski definition) is 2. The second-order valence-electron chi connectivity index (χ2n) is 11.6. The molecule has 12 nitrogen and oxygen atoms in total. The fourth-order valence-corrected chi connectivity index (χ4v) is 7.03. The van der Waals surface area contributed by atoms with Crippen LogP contribution in [0.1, 0.15) is 39.5 Å². The highest BCUT2D eigenvalue weighted by Gasteiger charge is 2.47. The van der Waals surface area contributed by atoms with Crippen LogP contribution in [-0.2, 0) is 42.1 Å². The first kappa shape index (κ1) is 39.5. The van der Waals surface area contributed by atoms with E-state index in [4.69, 9.17) is 19.5 Å². The average molecular weight is 775 g/mol. The Labute approximate surface area is 304 Å². The Hall–Kier alpha value is -4.66. The van der Waals surface area contributed by atoms with Crippen LogP contribution in [0.3, 0.4) is 0 Å². The van der Waals surface area contributed by atoms with E-state index < -0.39 is 71.6 Å². The van der Waals surface area contributed by atoms with E-state index in [2.05, 4.69) is 14.6 Å². The van der Waals surface area contributed by atoms with Crippen molar-refractivity contribution in [2.45, 2.75) is 42.5 Å². The monoisotopic (exact) mass is 774 g/mol. The maximum Gasteiger partial charge on any atom is 0.469 e. The number of nitriles is 1. The number of rotatable bonds is 14. The van der Waals surface area contributed by atoms with E-state index in [0.29, 0.717) is 6.07 Å². The summed E-state index contributed by atoms with van der Waals surface area (Å²) in [7, 11) is -5.01. The first-order valence-corrected chi connectivity index (χ1v) is 18.2. The van der Waals surface area contributed by atoms with Gasteiger partial charge in [0, 0.05) is 22.4 Å². The molecular weight excluding hydrogens is 743 g/mol. The van der Waals surface area contributed by atoms with Gasteiger partial charge in [-0.05, 0) is 55.0 Å². The van der Waals surface area contributed by atoms with Crippen LogP contribution in [0.4, 0.5) is 17.6 Å². The largest absolute Gasteiger partial charge is 0.469 e. The van der Waals surface area contributed by atoms with Gasteiger partial charge in [0.25, 0.3) is 0 Å². The lowest BCUT2D eigenvalue weighted by atomic mass is 9.89. The number of benzene rings is 3. The predicted octanol–water partition coefficient (Wildman–Crippen LogP) is 6.20. The summed E-state index contributed by atoms with van der Waals surface area (Å²) in [6.45, 7) is 0.704. The molecule has 2 N–H and O–H groups in total. The Morgan fingerprint density at radius 3 is 2.49 bits per heavy atom. The second kappa shape index (κ2) is 17.4. The van der Waals surface area contributed by atoms with Crippen LogP contribution in [0.2, 0.25) is 0 Å². The number of halogens is 4. The van der Waals surface area contributed by atoms with Gasteiger partial charge in [0.1, 0.15) is 35.9 Å². The maximum atomic E-state index is 15.8. The molecule has 0 saturated carbocycles. The van der Waals surface area contributed by atoms with Crippen LogP contribution < -0.4 is 0 Å². The van der Waals surface area contributed by atoms with Crippen LogP contribution in [0.15, 0.2) is 85.5 Å². The normalized spacial score (nSPS) is 18.2. The van der Waals surface area contributed by atoms with Gasteiger partial charge in [-0.15, -0.1) is 11.8 Å². The third-order valence-electron chi connectivity index (χ3n) is 7.94. The second-order valence-corrected chi connectivity index (χ2v) is 14.5. The van der Waals surface area contributed by atoms with Crippen molar-refractivity contribution >= 4 is 31.6 Å². The minimum Gasteiger partial charge on any atom is -0.447 e. The summed E-state index contributed by atoms with van der Waals surface area (Å²) in [5, 5.41) is 11.7. The molecule has 0 amide bonds. The molecule has 1 aromatic heterocycles. The molecule has 0 radical (unpaired) electrons. The Bertz CT molecular complexity index is 2070. The number of phosphoric acid groups is 1. The predicted molar refractivity (Wildman–Crippen MR) is 183 cm³/mol. The number of phosphoric ester groups is 1. The van der Waals surface area contributed by atoms with Crippen molar-refractivity contribution < 1.29 is 55.4 Å². The van der Waals surface area contributed by atoms with E-state index in [1.807, 2.05) is 6.07 Å². The van der Waals surface area contributed by atoms with Crippen molar-refractivity contribution in [3.8, 4) is 6.07 Å². The van der Waals surface area contributed by atoms with Gasteiger partial charge in [-0.25, -0.2) is 36.6 Å². The van der Waals surface area contributed by atoms with Crippen LogP contribution in [-0.4, -0.2) is 60.5 Å². The number of nitrogens with zero attached hydrogens (tertiary/aromatic N) is 4. The minimum atomic E-state index is -5.01. The molecule has 3 aromatic carbocycles. The molecule has 5 rings (SSSR count). The topological polar surface area (TPSA) is 166 Å². The summed E-state index contributed by atoms with van der Waals surface area (Å²) >= 11 is 1.19. The summed E-state index contributed by atoms with van der Waals surface area (Å²) in [4.78, 5) is 36.3. The van der Waals surface area contributed by atoms with E-state index in [1.54, 1.807) is 25.2 Å². The smallest absolute Gasteiger partial charge is 0.447 e. The van der Waals surface area contributed by atoms with Gasteiger partial charge < -0.3 is 24.0 Å². The first-order chi connectivity index (χ1) is 25.3. The summed E-state index contributed by atoms with van der Waals surface area (Å²) < 4.78 is 93.6. The summed E-state index contributed by atoms with van der Waals surface area (Å²) in [6.07, 6.45) is 8.00. The Morgan fingerprint density at radius 1 is 1.09 bits per heavy atom. The molecule has 0 spiro atoms. The molecule has 1 fully saturated rings. The standard InChI is InChI=1S/C35H31F4N4O8PS/c1-22(53-28-17-48-33(49-18-28)5-3-2-4-24-7-6-23(15-40)12-31(24)38)35(19-43-21-41-20-42-43,30-11-10-27(37)14-32(30)39)51-34(44)29-13-26(36)9-8-25(29)16-50-52(45,46)47/h2-14,20-22,28,33H,16-19H2,1H3,(H2,45,46,47)/b4-2+,5-3+/t22-,28-,33-,35-/m1/s1. The lowest BCUT2D eigenvalue weighted by Crippen LogP contribution is -2.47. The van der Waals surface area contributed by atoms with Crippen molar-refractivity contribution in [3.63, 3.8) is 0 Å². The molecule has 2 atom stereocenters. The SMILES string of the molecule is C[C@@H](S[C@H]1CO[C@H](/C=C/C=C/c2ccc(C#N)cc2F)OC1)[C@@](Cn1cncn1)(OC(=O)c1cc(F)ccc1COP(=O)(O)O)c1ccc(F)cc1F. The number of esters is 1. The molecule has 53 heavy (non-hydrogen) atoms. The fourth-order valence-electron chi connectivity index (χ4n) is 5.36. The number of carbonyl (C=O) groups excluding carboxylic acids is 1. The van der Waals surface area contributed by atoms with Crippen molar-refractivity contribution in [1.82, 2.24) is 14.8 Å². The molecule has 1 saturated heterocycles. The number of carbonyl (C=O) groups is 1. The summed E-state index contributed by atoms with van der Waals surface area (Å²) in [5.74, 6) is -4.61. The highest BCUT2D eigenvalue weighted by molar-refractivity contribution is 8.00. The zero-order valence-corrected chi connectivity index (χ0v) is 29.4. The molecule has 278 valence electrons. The number of aromatic nitrogens is 3. The van der Waals surface area contributed by atoms with Gasteiger partial charge in [-0.3, -0.25) is 4.52 Å². The molecular formula is C35H31F4N4O8PS. The lowest BCUT2D eigenvalue weighted by molar-refractivity contribution is -0.146. The number of thioether (sulfide) groups is 1. The van der Waals surface area contributed by atoms with Crippen molar-refractivity contribution in [1.29, 1.82) is 5.26 Å². The third-order valence-corrected chi connectivity index (χ3v) is 9.85. The summed E-state index contributed by atoms with van der Waals surface area (Å²) in [6, 6.07) is 11.5. The zero-order chi connectivity index (χ0) is 38.2. The Balaban J connectivity index is 1.39.